The largest absolute Gasteiger partial charge is 0.347 e. The lowest BCUT2D eigenvalue weighted by Crippen LogP contribution is -1.78. The van der Waals surface area contributed by atoms with Crippen LogP contribution in [0.5, 0.6) is 0 Å². The highest BCUT2D eigenvalue weighted by atomic mass is 31.2. The number of hydrogen-bond acceptors (Lipinski definition) is 2. The molecule has 2 nitrogen and oxygen atoms in total. The molecule has 0 aliphatic carbocycles. The molecule has 0 fully saturated rings. The molecule has 0 unspecified atom stereocenters. The lowest BCUT2D eigenvalue weighted by atomic mass is 10.2. The Hall–Kier alpha value is -0.690. The van der Waals surface area contributed by atoms with Crippen LogP contribution in [-0.2, 0) is 0 Å². The van der Waals surface area contributed by atoms with Gasteiger partial charge in [-0.15, -0.1) is 0 Å². The SMILES string of the molecule is C=C(c1ccccc1)P(O)O. The van der Waals surface area contributed by atoms with Crippen molar-refractivity contribution in [3.63, 3.8) is 0 Å². The second-order valence-electron chi connectivity index (χ2n) is 2.10. The molecule has 0 atom stereocenters. The highest BCUT2D eigenvalue weighted by molar-refractivity contribution is 7.57. The van der Waals surface area contributed by atoms with Gasteiger partial charge in [-0.1, -0.05) is 36.9 Å². The van der Waals surface area contributed by atoms with E-state index in [0.717, 1.165) is 5.56 Å². The molecule has 0 aliphatic rings. The van der Waals surface area contributed by atoms with E-state index in [-0.39, 0.29) is 0 Å². The van der Waals surface area contributed by atoms with Gasteiger partial charge in [0.25, 0.3) is 0 Å². The fourth-order valence-corrected chi connectivity index (χ4v) is 1.13. The maximum Gasteiger partial charge on any atom is 0.199 e. The Bertz CT molecular complexity index is 244. The van der Waals surface area contributed by atoms with Crippen molar-refractivity contribution in [2.75, 3.05) is 0 Å². The second-order valence-corrected chi connectivity index (χ2v) is 3.22. The molecule has 58 valence electrons. The molecule has 11 heavy (non-hydrogen) atoms. The third kappa shape index (κ3) is 2.12. The zero-order chi connectivity index (χ0) is 8.27. The molecule has 1 aromatic carbocycles. The Balaban J connectivity index is 2.86. The molecule has 0 radical (unpaired) electrons. The molecule has 0 aliphatic heterocycles. The Kier molecular flexibility index (Phi) is 2.77. The predicted molar refractivity (Wildman–Crippen MR) is 46.8 cm³/mol. The second kappa shape index (κ2) is 3.63. The predicted octanol–water partition coefficient (Wildman–Crippen LogP) is 1.95. The van der Waals surface area contributed by atoms with Gasteiger partial charge in [-0.25, -0.2) is 0 Å². The van der Waals surface area contributed by atoms with Gasteiger partial charge in [0.1, 0.15) is 0 Å². The van der Waals surface area contributed by atoms with Crippen molar-refractivity contribution < 1.29 is 9.79 Å². The molecule has 1 aromatic rings. The van der Waals surface area contributed by atoms with E-state index in [4.69, 9.17) is 9.79 Å². The molecule has 1 rings (SSSR count). The summed E-state index contributed by atoms with van der Waals surface area (Å²) < 4.78 is 0. The molecule has 0 saturated heterocycles. The summed E-state index contributed by atoms with van der Waals surface area (Å²) in [6.07, 6.45) is 0. The standard InChI is InChI=1S/C8H9O2P/c1-7(11(9)10)8-5-3-2-4-6-8/h2-6,9-10H,1H2. The summed E-state index contributed by atoms with van der Waals surface area (Å²) in [5.74, 6) is 0. The molecule has 0 bridgehead atoms. The highest BCUT2D eigenvalue weighted by Crippen LogP contribution is 2.40. The fraction of sp³-hybridized carbons (Fsp3) is 0. The van der Waals surface area contributed by atoms with Crippen molar-refractivity contribution in [2.45, 2.75) is 0 Å². The van der Waals surface area contributed by atoms with E-state index in [9.17, 15) is 0 Å². The topological polar surface area (TPSA) is 40.5 Å². The minimum absolute atomic E-state index is 0.389. The lowest BCUT2D eigenvalue weighted by molar-refractivity contribution is 0.498. The summed E-state index contributed by atoms with van der Waals surface area (Å²) in [6, 6.07) is 9.13. The van der Waals surface area contributed by atoms with Crippen LogP contribution in [-0.4, -0.2) is 9.79 Å². The number of benzene rings is 1. The summed E-state index contributed by atoms with van der Waals surface area (Å²) in [7, 11) is -2.03. The van der Waals surface area contributed by atoms with Crippen molar-refractivity contribution in [1.29, 1.82) is 0 Å². The van der Waals surface area contributed by atoms with Crippen LogP contribution in [0.2, 0.25) is 0 Å². The summed E-state index contributed by atoms with van der Waals surface area (Å²) in [6.45, 7) is 3.55. The van der Waals surface area contributed by atoms with Gasteiger partial charge in [0, 0.05) is 5.31 Å². The summed E-state index contributed by atoms with van der Waals surface area (Å²) in [4.78, 5) is 17.6. The minimum Gasteiger partial charge on any atom is -0.347 e. The normalized spacial score (nSPS) is 10.1. The van der Waals surface area contributed by atoms with E-state index in [2.05, 4.69) is 6.58 Å². The van der Waals surface area contributed by atoms with Crippen LogP contribution in [0.1, 0.15) is 5.56 Å². The van der Waals surface area contributed by atoms with Crippen LogP contribution >= 0.6 is 8.38 Å². The Morgan fingerprint density at radius 3 is 2.18 bits per heavy atom. The number of hydrogen-bond donors (Lipinski definition) is 2. The van der Waals surface area contributed by atoms with Gasteiger partial charge in [-0.05, 0) is 5.56 Å². The van der Waals surface area contributed by atoms with Crippen molar-refractivity contribution in [2.24, 2.45) is 0 Å². The van der Waals surface area contributed by atoms with E-state index in [1.807, 2.05) is 18.2 Å². The van der Waals surface area contributed by atoms with Crippen LogP contribution in [0.4, 0.5) is 0 Å². The summed E-state index contributed by atoms with van der Waals surface area (Å²) in [5, 5.41) is 0.389. The lowest BCUT2D eigenvalue weighted by Gasteiger charge is -2.04. The van der Waals surface area contributed by atoms with Crippen molar-refractivity contribution in [1.82, 2.24) is 0 Å². The van der Waals surface area contributed by atoms with Crippen molar-refractivity contribution >= 4 is 13.7 Å². The third-order valence-electron chi connectivity index (χ3n) is 1.35. The maximum absolute atomic E-state index is 8.80. The van der Waals surface area contributed by atoms with Gasteiger partial charge >= 0.3 is 0 Å². The monoisotopic (exact) mass is 168 g/mol. The Labute approximate surface area is 66.7 Å². The first-order chi connectivity index (χ1) is 5.22. The van der Waals surface area contributed by atoms with Crippen LogP contribution < -0.4 is 0 Å². The van der Waals surface area contributed by atoms with Gasteiger partial charge in [-0.2, -0.15) is 0 Å². The zero-order valence-corrected chi connectivity index (χ0v) is 6.83. The molecule has 0 heterocycles. The first-order valence-corrected chi connectivity index (χ1v) is 4.39. The average Bonchev–Trinajstić information content (AvgIpc) is 2.05. The van der Waals surface area contributed by atoms with Crippen LogP contribution in [0.3, 0.4) is 0 Å². The van der Waals surface area contributed by atoms with Crippen molar-refractivity contribution in [3.05, 3.63) is 42.5 Å². The quantitative estimate of drug-likeness (QED) is 0.662. The maximum atomic E-state index is 8.80. The average molecular weight is 168 g/mol. The molecule has 0 aromatic heterocycles. The van der Waals surface area contributed by atoms with Gasteiger partial charge in [-0.3, -0.25) is 0 Å². The molecule has 0 spiro atoms. The van der Waals surface area contributed by atoms with E-state index >= 15 is 0 Å². The Morgan fingerprint density at radius 1 is 1.18 bits per heavy atom. The van der Waals surface area contributed by atoms with E-state index < -0.39 is 8.38 Å². The fourth-order valence-electron chi connectivity index (χ4n) is 0.746. The molecular weight excluding hydrogens is 159 g/mol. The van der Waals surface area contributed by atoms with E-state index in [0.29, 0.717) is 5.31 Å². The van der Waals surface area contributed by atoms with Crippen molar-refractivity contribution in [3.8, 4) is 0 Å². The zero-order valence-electron chi connectivity index (χ0n) is 5.94. The molecule has 0 saturated carbocycles. The van der Waals surface area contributed by atoms with E-state index in [1.54, 1.807) is 12.1 Å². The molecule has 0 amide bonds. The Morgan fingerprint density at radius 2 is 1.73 bits per heavy atom. The summed E-state index contributed by atoms with van der Waals surface area (Å²) in [5.41, 5.74) is 0.781. The van der Waals surface area contributed by atoms with Crippen LogP contribution in [0.15, 0.2) is 36.9 Å². The van der Waals surface area contributed by atoms with Gasteiger partial charge in [0.05, 0.1) is 0 Å². The van der Waals surface area contributed by atoms with E-state index in [1.165, 1.54) is 0 Å². The van der Waals surface area contributed by atoms with Crippen LogP contribution in [0.25, 0.3) is 5.31 Å². The number of rotatable bonds is 2. The third-order valence-corrected chi connectivity index (χ3v) is 2.09. The van der Waals surface area contributed by atoms with Crippen LogP contribution in [0, 0.1) is 0 Å². The van der Waals surface area contributed by atoms with Gasteiger partial charge in [0.15, 0.2) is 8.38 Å². The molecular formula is C8H9O2P. The molecule has 2 N–H and O–H groups in total. The van der Waals surface area contributed by atoms with Gasteiger partial charge in [0.2, 0.25) is 0 Å². The molecule has 3 heteroatoms. The van der Waals surface area contributed by atoms with Gasteiger partial charge < -0.3 is 9.79 Å². The highest BCUT2D eigenvalue weighted by Gasteiger charge is 2.05. The summed E-state index contributed by atoms with van der Waals surface area (Å²) >= 11 is 0. The first-order valence-electron chi connectivity index (χ1n) is 3.14. The smallest absolute Gasteiger partial charge is 0.199 e. The minimum atomic E-state index is -2.03. The first kappa shape index (κ1) is 8.41.